The van der Waals surface area contributed by atoms with Gasteiger partial charge in [-0.1, -0.05) is 66.7 Å². The Morgan fingerprint density at radius 1 is 0.373 bits per heavy atom. The molecule has 0 aliphatic carbocycles. The van der Waals surface area contributed by atoms with Crippen molar-refractivity contribution in [3.05, 3.63) is 176 Å². The molecule has 0 fully saturated rings. The molecule has 0 N–H and O–H groups in total. The number of benzene rings is 7. The Bertz CT molecular complexity index is 2440. The number of para-hydroxylation sites is 9. The molecule has 3 heterocycles. The van der Waals surface area contributed by atoms with Crippen LogP contribution in [0, 0.1) is 0 Å². The maximum atomic E-state index is 6.20. The molecule has 51 heavy (non-hydrogen) atoms. The molecule has 7 heteroatoms. The highest BCUT2D eigenvalue weighted by molar-refractivity contribution is 7.09. The van der Waals surface area contributed by atoms with E-state index >= 15 is 0 Å². The Labute approximate surface area is 299 Å². The zero-order valence-corrected chi connectivity index (χ0v) is 28.1. The molecule has 0 saturated heterocycles. The molecule has 0 amide bonds. The highest BCUT2D eigenvalue weighted by atomic mass is 32.1. The first kappa shape index (κ1) is 29.2. The summed E-state index contributed by atoms with van der Waals surface area (Å²) in [6, 6.07) is 61.0. The van der Waals surface area contributed by atoms with Gasteiger partial charge in [0.05, 0.1) is 34.1 Å². The van der Waals surface area contributed by atoms with Crippen molar-refractivity contribution in [2.75, 3.05) is 14.7 Å². The van der Waals surface area contributed by atoms with Gasteiger partial charge in [0.1, 0.15) is 5.01 Å². The van der Waals surface area contributed by atoms with Crippen molar-refractivity contribution in [3.63, 3.8) is 0 Å². The zero-order chi connectivity index (χ0) is 33.7. The summed E-state index contributed by atoms with van der Waals surface area (Å²) in [6.45, 7) is 0. The lowest BCUT2D eigenvalue weighted by molar-refractivity contribution is 0.477. The van der Waals surface area contributed by atoms with Gasteiger partial charge in [-0.25, -0.2) is 4.98 Å². The average Bonchev–Trinajstić information content (AvgIpc) is 3.70. The predicted molar refractivity (Wildman–Crippen MR) is 208 cm³/mol. The second kappa shape index (κ2) is 12.0. The smallest absolute Gasteiger partial charge is 0.173 e. The van der Waals surface area contributed by atoms with E-state index in [1.807, 2.05) is 36.4 Å². The summed E-state index contributed by atoms with van der Waals surface area (Å²) in [4.78, 5) is 11.9. The van der Waals surface area contributed by atoms with Crippen LogP contribution in [0.15, 0.2) is 176 Å². The van der Waals surface area contributed by atoms with Crippen molar-refractivity contribution >= 4 is 62.7 Å². The van der Waals surface area contributed by atoms with E-state index in [4.69, 9.17) is 14.1 Å². The van der Waals surface area contributed by atoms with E-state index in [9.17, 15) is 0 Å². The molecule has 7 aromatic carbocycles. The van der Waals surface area contributed by atoms with Gasteiger partial charge in [0.2, 0.25) is 0 Å². The van der Waals surface area contributed by atoms with Gasteiger partial charge in [-0.3, -0.25) is 0 Å². The normalized spacial score (nSPS) is 12.7. The molecule has 2 aliphatic heterocycles. The van der Waals surface area contributed by atoms with E-state index in [0.29, 0.717) is 5.82 Å². The lowest BCUT2D eigenvalue weighted by Gasteiger charge is -2.40. The summed E-state index contributed by atoms with van der Waals surface area (Å²) in [7, 11) is 0. The summed E-state index contributed by atoms with van der Waals surface area (Å²) in [6.07, 6.45) is 0. The molecule has 0 saturated carbocycles. The van der Waals surface area contributed by atoms with Crippen LogP contribution in [-0.4, -0.2) is 9.36 Å². The minimum absolute atomic E-state index is 0.716. The molecule has 0 atom stereocenters. The average molecular weight is 676 g/mol. The van der Waals surface area contributed by atoms with E-state index in [0.717, 1.165) is 78.8 Å². The van der Waals surface area contributed by atoms with Crippen LogP contribution in [0.3, 0.4) is 0 Å². The number of anilines is 9. The van der Waals surface area contributed by atoms with Crippen molar-refractivity contribution in [1.82, 2.24) is 9.36 Å². The predicted octanol–water partition coefficient (Wildman–Crippen LogP) is 12.7. The number of nitrogens with zero attached hydrogens (tertiary/aromatic N) is 5. The number of fused-ring (bicyclic) bond motifs is 4. The Morgan fingerprint density at radius 2 is 0.765 bits per heavy atom. The molecule has 0 unspecified atom stereocenters. The number of aromatic nitrogens is 2. The Morgan fingerprint density at radius 3 is 1.27 bits per heavy atom. The number of hydrogen-bond donors (Lipinski definition) is 0. The van der Waals surface area contributed by atoms with Crippen LogP contribution in [-0.2, 0) is 0 Å². The van der Waals surface area contributed by atoms with Crippen molar-refractivity contribution in [3.8, 4) is 33.5 Å². The van der Waals surface area contributed by atoms with Gasteiger partial charge in [0, 0.05) is 28.2 Å². The third-order valence-corrected chi connectivity index (χ3v) is 10.1. The third kappa shape index (κ3) is 4.94. The summed E-state index contributed by atoms with van der Waals surface area (Å²) in [5.74, 6) is 2.38. The minimum Gasteiger partial charge on any atom is -0.453 e. The molecule has 0 spiro atoms. The van der Waals surface area contributed by atoms with E-state index < -0.39 is 0 Å². The van der Waals surface area contributed by atoms with Crippen LogP contribution in [0.2, 0.25) is 0 Å². The van der Waals surface area contributed by atoms with Gasteiger partial charge in [0.15, 0.2) is 17.3 Å². The largest absolute Gasteiger partial charge is 0.453 e. The topological polar surface area (TPSA) is 44.7 Å². The van der Waals surface area contributed by atoms with Crippen LogP contribution >= 0.6 is 11.5 Å². The molecule has 6 nitrogen and oxygen atoms in total. The fourth-order valence-corrected chi connectivity index (χ4v) is 7.72. The Hall–Kier alpha value is -6.70. The first-order chi connectivity index (χ1) is 25.3. The van der Waals surface area contributed by atoms with Crippen molar-refractivity contribution in [1.29, 1.82) is 0 Å². The third-order valence-electron chi connectivity index (χ3n) is 9.36. The van der Waals surface area contributed by atoms with Crippen LogP contribution in [0.1, 0.15) is 0 Å². The fraction of sp³-hybridized carbons (Fsp3) is 0. The molecular weight excluding hydrogens is 647 g/mol. The second-order valence-electron chi connectivity index (χ2n) is 12.4. The fourth-order valence-electron chi connectivity index (χ4n) is 7.03. The van der Waals surface area contributed by atoms with Gasteiger partial charge < -0.3 is 19.4 Å². The van der Waals surface area contributed by atoms with Crippen molar-refractivity contribution < 1.29 is 4.74 Å². The van der Waals surface area contributed by atoms with Crippen LogP contribution in [0.5, 0.6) is 11.5 Å². The standard InChI is InChI=1S/C44H29N5OS/c1-2-12-32(13-3-1)47-35-14-4-6-16-37(35)48(38-17-7-5-15-36(38)47)33-28-24-31(25-29-33)44-45-43(46-51-44)30-22-26-34(27-23-30)49-39-18-8-10-20-41(39)50-42-21-11-9-19-40(42)49/h1-29H. The van der Waals surface area contributed by atoms with E-state index in [-0.39, 0.29) is 0 Å². The maximum Gasteiger partial charge on any atom is 0.173 e. The summed E-state index contributed by atoms with van der Waals surface area (Å²) >= 11 is 1.42. The highest BCUT2D eigenvalue weighted by Gasteiger charge is 2.30. The summed E-state index contributed by atoms with van der Waals surface area (Å²) in [5, 5.41) is 0.881. The van der Waals surface area contributed by atoms with E-state index in [2.05, 4.69) is 154 Å². The highest BCUT2D eigenvalue weighted by Crippen LogP contribution is 2.54. The first-order valence-corrected chi connectivity index (χ1v) is 17.6. The van der Waals surface area contributed by atoms with Gasteiger partial charge >= 0.3 is 0 Å². The SMILES string of the molecule is c1ccc(N2c3ccccc3N(c3ccc(-c4nc(-c5ccc(N6c7ccccc7Oc7ccccc76)cc5)ns4)cc3)c3ccccc32)cc1. The number of hydrogen-bond acceptors (Lipinski definition) is 7. The number of ether oxygens (including phenoxy) is 1. The van der Waals surface area contributed by atoms with Crippen LogP contribution in [0.25, 0.3) is 22.0 Å². The van der Waals surface area contributed by atoms with Crippen LogP contribution in [0.4, 0.5) is 51.2 Å². The molecule has 242 valence electrons. The Balaban J connectivity index is 0.946. The molecular formula is C44H29N5OS. The first-order valence-electron chi connectivity index (χ1n) is 16.8. The van der Waals surface area contributed by atoms with E-state index in [1.54, 1.807) is 0 Å². The summed E-state index contributed by atoms with van der Waals surface area (Å²) < 4.78 is 11.0. The monoisotopic (exact) mass is 675 g/mol. The molecule has 2 aliphatic rings. The van der Waals surface area contributed by atoms with E-state index in [1.165, 1.54) is 11.5 Å². The molecule has 1 aromatic heterocycles. The van der Waals surface area contributed by atoms with Gasteiger partial charge in [-0.2, -0.15) is 4.37 Å². The minimum atomic E-state index is 0.716. The Kier molecular flexibility index (Phi) is 6.89. The van der Waals surface area contributed by atoms with Gasteiger partial charge in [-0.15, -0.1) is 0 Å². The van der Waals surface area contributed by atoms with Crippen molar-refractivity contribution in [2.24, 2.45) is 0 Å². The quantitative estimate of drug-likeness (QED) is 0.181. The molecule has 8 aromatic rings. The number of rotatable bonds is 5. The molecule has 0 radical (unpaired) electrons. The molecule has 0 bridgehead atoms. The lowest BCUT2D eigenvalue weighted by atomic mass is 10.0. The van der Waals surface area contributed by atoms with Gasteiger partial charge in [-0.05, 0) is 121 Å². The summed E-state index contributed by atoms with van der Waals surface area (Å²) in [5.41, 5.74) is 11.8. The zero-order valence-electron chi connectivity index (χ0n) is 27.3. The van der Waals surface area contributed by atoms with Gasteiger partial charge in [0.25, 0.3) is 0 Å². The maximum absolute atomic E-state index is 6.20. The van der Waals surface area contributed by atoms with Crippen LogP contribution < -0.4 is 19.4 Å². The molecule has 10 rings (SSSR count). The second-order valence-corrected chi connectivity index (χ2v) is 13.1. The van der Waals surface area contributed by atoms with Crippen molar-refractivity contribution in [2.45, 2.75) is 0 Å². The lowest BCUT2D eigenvalue weighted by Crippen LogP contribution is -2.23.